The minimum atomic E-state index is 0.365. The van der Waals surface area contributed by atoms with Gasteiger partial charge in [0.1, 0.15) is 18.1 Å². The molecule has 0 unspecified atom stereocenters. The van der Waals surface area contributed by atoms with E-state index in [1.807, 2.05) is 32.2 Å². The standard InChI is InChI=1S/C17H22ClNO2/c1-11(2)14-8-16(12(3)7-15(14)18)21-10-17-13(9-19-4)5-6-20-17/h5-8,11,19H,9-10H2,1-4H3. The minimum absolute atomic E-state index is 0.365. The van der Waals surface area contributed by atoms with Gasteiger partial charge in [0.25, 0.3) is 0 Å². The molecule has 0 atom stereocenters. The molecule has 0 spiro atoms. The second kappa shape index (κ2) is 7.01. The maximum absolute atomic E-state index is 6.28. The zero-order valence-corrected chi connectivity index (χ0v) is 13.8. The van der Waals surface area contributed by atoms with Gasteiger partial charge in [-0.2, -0.15) is 0 Å². The van der Waals surface area contributed by atoms with Crippen LogP contribution in [0.2, 0.25) is 5.02 Å². The van der Waals surface area contributed by atoms with Crippen LogP contribution in [-0.4, -0.2) is 7.05 Å². The van der Waals surface area contributed by atoms with E-state index in [4.69, 9.17) is 20.8 Å². The fraction of sp³-hybridized carbons (Fsp3) is 0.412. The van der Waals surface area contributed by atoms with E-state index < -0.39 is 0 Å². The summed E-state index contributed by atoms with van der Waals surface area (Å²) in [4.78, 5) is 0. The van der Waals surface area contributed by atoms with Gasteiger partial charge in [-0.3, -0.25) is 0 Å². The molecule has 1 heterocycles. The Kier molecular flexibility index (Phi) is 5.32. The third-order valence-corrected chi connectivity index (χ3v) is 3.81. The van der Waals surface area contributed by atoms with E-state index in [0.717, 1.165) is 39.8 Å². The van der Waals surface area contributed by atoms with Gasteiger partial charge in [0.05, 0.1) is 6.26 Å². The van der Waals surface area contributed by atoms with E-state index in [2.05, 4.69) is 19.2 Å². The van der Waals surface area contributed by atoms with E-state index in [-0.39, 0.29) is 0 Å². The van der Waals surface area contributed by atoms with Crippen LogP contribution in [0, 0.1) is 6.92 Å². The van der Waals surface area contributed by atoms with Crippen molar-refractivity contribution < 1.29 is 9.15 Å². The molecular formula is C17H22ClNO2. The summed E-state index contributed by atoms with van der Waals surface area (Å²) in [6.07, 6.45) is 1.69. The number of hydrogen-bond donors (Lipinski definition) is 1. The molecule has 2 aromatic rings. The predicted octanol–water partition coefficient (Wildman–Crippen LogP) is 4.66. The highest BCUT2D eigenvalue weighted by molar-refractivity contribution is 6.31. The van der Waals surface area contributed by atoms with Gasteiger partial charge in [-0.05, 0) is 49.2 Å². The predicted molar refractivity (Wildman–Crippen MR) is 86.1 cm³/mol. The Morgan fingerprint density at radius 2 is 2.10 bits per heavy atom. The van der Waals surface area contributed by atoms with Crippen molar-refractivity contribution in [3.05, 3.63) is 51.9 Å². The molecule has 1 aromatic carbocycles. The SMILES string of the molecule is CNCc1ccoc1COc1cc(C(C)C)c(Cl)cc1C. The molecule has 3 nitrogen and oxygen atoms in total. The van der Waals surface area contributed by atoms with Crippen LogP contribution < -0.4 is 10.1 Å². The molecule has 0 fully saturated rings. The number of ether oxygens (including phenoxy) is 1. The number of benzene rings is 1. The van der Waals surface area contributed by atoms with Gasteiger partial charge in [0, 0.05) is 17.1 Å². The minimum Gasteiger partial charge on any atom is -0.485 e. The maximum Gasteiger partial charge on any atom is 0.146 e. The lowest BCUT2D eigenvalue weighted by molar-refractivity contribution is 0.266. The topological polar surface area (TPSA) is 34.4 Å². The third-order valence-electron chi connectivity index (χ3n) is 3.48. The van der Waals surface area contributed by atoms with Gasteiger partial charge in [-0.1, -0.05) is 25.4 Å². The van der Waals surface area contributed by atoms with Crippen molar-refractivity contribution in [2.45, 2.75) is 39.8 Å². The van der Waals surface area contributed by atoms with Crippen LogP contribution in [0.1, 0.15) is 42.2 Å². The average molecular weight is 308 g/mol. The zero-order chi connectivity index (χ0) is 15.4. The fourth-order valence-electron chi connectivity index (χ4n) is 2.25. The Hall–Kier alpha value is -1.45. The lowest BCUT2D eigenvalue weighted by atomic mass is 10.0. The monoisotopic (exact) mass is 307 g/mol. The molecule has 1 aromatic heterocycles. The highest BCUT2D eigenvalue weighted by Gasteiger charge is 2.12. The summed E-state index contributed by atoms with van der Waals surface area (Å²) in [5, 5.41) is 3.91. The van der Waals surface area contributed by atoms with Gasteiger partial charge >= 0.3 is 0 Å². The highest BCUT2D eigenvalue weighted by Crippen LogP contribution is 2.32. The van der Waals surface area contributed by atoms with E-state index in [9.17, 15) is 0 Å². The molecule has 0 aliphatic carbocycles. The first-order valence-electron chi connectivity index (χ1n) is 7.15. The first kappa shape index (κ1) is 15.9. The van der Waals surface area contributed by atoms with Crippen LogP contribution in [0.25, 0.3) is 0 Å². The quantitative estimate of drug-likeness (QED) is 0.842. The van der Waals surface area contributed by atoms with Crippen molar-refractivity contribution in [3.63, 3.8) is 0 Å². The van der Waals surface area contributed by atoms with E-state index >= 15 is 0 Å². The Morgan fingerprint density at radius 3 is 2.76 bits per heavy atom. The van der Waals surface area contributed by atoms with Gasteiger partial charge < -0.3 is 14.5 Å². The lowest BCUT2D eigenvalue weighted by Crippen LogP contribution is -2.07. The number of halogens is 1. The van der Waals surface area contributed by atoms with Crippen LogP contribution in [0.3, 0.4) is 0 Å². The van der Waals surface area contributed by atoms with Crippen LogP contribution in [-0.2, 0) is 13.2 Å². The summed E-state index contributed by atoms with van der Waals surface area (Å²) in [6, 6.07) is 5.95. The zero-order valence-electron chi connectivity index (χ0n) is 13.0. The molecule has 21 heavy (non-hydrogen) atoms. The molecule has 0 aliphatic heterocycles. The lowest BCUT2D eigenvalue weighted by Gasteiger charge is -2.14. The molecule has 0 bridgehead atoms. The Morgan fingerprint density at radius 1 is 1.33 bits per heavy atom. The number of hydrogen-bond acceptors (Lipinski definition) is 3. The van der Waals surface area contributed by atoms with Crippen molar-refractivity contribution in [1.82, 2.24) is 5.32 Å². The van der Waals surface area contributed by atoms with Crippen molar-refractivity contribution in [1.29, 1.82) is 0 Å². The first-order chi connectivity index (χ1) is 10.0. The molecule has 114 valence electrons. The van der Waals surface area contributed by atoms with Crippen molar-refractivity contribution in [2.24, 2.45) is 0 Å². The fourth-order valence-corrected chi connectivity index (χ4v) is 2.69. The molecule has 2 rings (SSSR count). The van der Waals surface area contributed by atoms with Crippen molar-refractivity contribution >= 4 is 11.6 Å². The normalized spacial score (nSPS) is 11.1. The van der Waals surface area contributed by atoms with Crippen LogP contribution >= 0.6 is 11.6 Å². The second-order valence-electron chi connectivity index (χ2n) is 5.48. The molecular weight excluding hydrogens is 286 g/mol. The van der Waals surface area contributed by atoms with Crippen LogP contribution in [0.5, 0.6) is 5.75 Å². The van der Waals surface area contributed by atoms with E-state index in [1.54, 1.807) is 6.26 Å². The maximum atomic E-state index is 6.28. The molecule has 0 aliphatic rings. The molecule has 0 saturated carbocycles. The first-order valence-corrected chi connectivity index (χ1v) is 7.53. The van der Waals surface area contributed by atoms with Gasteiger partial charge in [-0.25, -0.2) is 0 Å². The van der Waals surface area contributed by atoms with Gasteiger partial charge in [-0.15, -0.1) is 0 Å². The number of rotatable bonds is 6. The number of nitrogens with one attached hydrogen (secondary N) is 1. The molecule has 0 amide bonds. The number of aryl methyl sites for hydroxylation is 1. The van der Waals surface area contributed by atoms with Gasteiger partial charge in [0.2, 0.25) is 0 Å². The smallest absolute Gasteiger partial charge is 0.146 e. The van der Waals surface area contributed by atoms with Gasteiger partial charge in [0.15, 0.2) is 0 Å². The molecule has 0 radical (unpaired) electrons. The van der Waals surface area contributed by atoms with Crippen molar-refractivity contribution in [2.75, 3.05) is 7.05 Å². The Bertz CT molecular complexity index is 605. The summed E-state index contributed by atoms with van der Waals surface area (Å²) >= 11 is 6.28. The highest BCUT2D eigenvalue weighted by atomic mass is 35.5. The average Bonchev–Trinajstić information content (AvgIpc) is 2.85. The number of furan rings is 1. The third kappa shape index (κ3) is 3.80. The second-order valence-corrected chi connectivity index (χ2v) is 5.89. The summed E-state index contributed by atoms with van der Waals surface area (Å²) < 4.78 is 11.4. The van der Waals surface area contributed by atoms with E-state index in [0.29, 0.717) is 12.5 Å². The Labute approximate surface area is 131 Å². The summed E-state index contributed by atoms with van der Waals surface area (Å²) in [5.74, 6) is 2.07. The molecule has 1 N–H and O–H groups in total. The van der Waals surface area contributed by atoms with E-state index in [1.165, 1.54) is 0 Å². The Balaban J connectivity index is 2.16. The summed E-state index contributed by atoms with van der Waals surface area (Å²) in [5.41, 5.74) is 3.26. The molecule has 4 heteroatoms. The van der Waals surface area contributed by atoms with Crippen molar-refractivity contribution in [3.8, 4) is 5.75 Å². The van der Waals surface area contributed by atoms with Crippen LogP contribution in [0.4, 0.5) is 0 Å². The summed E-state index contributed by atoms with van der Waals surface area (Å²) in [6.45, 7) is 7.44. The largest absolute Gasteiger partial charge is 0.485 e. The van der Waals surface area contributed by atoms with Crippen LogP contribution in [0.15, 0.2) is 28.9 Å². The molecule has 0 saturated heterocycles. The summed E-state index contributed by atoms with van der Waals surface area (Å²) in [7, 11) is 1.91.